The van der Waals surface area contributed by atoms with Crippen molar-refractivity contribution in [2.45, 2.75) is 65.9 Å². The first-order valence-corrected chi connectivity index (χ1v) is 8.97. The Kier molecular flexibility index (Phi) is 24.4. The summed E-state index contributed by atoms with van der Waals surface area (Å²) in [6.07, 6.45) is 6.07. The predicted molar refractivity (Wildman–Crippen MR) is 103 cm³/mol. The number of ketones is 2. The number of methoxy groups -OCH3 is 2. The summed E-state index contributed by atoms with van der Waals surface area (Å²) in [5.74, 6) is -0.242. The molecule has 0 aromatic rings. The van der Waals surface area contributed by atoms with Gasteiger partial charge in [0, 0.05) is 65.3 Å². The molecule has 0 aromatic heterocycles. The van der Waals surface area contributed by atoms with Crippen LogP contribution in [0.2, 0.25) is 0 Å². The van der Waals surface area contributed by atoms with Crippen LogP contribution in [0.15, 0.2) is 23.7 Å². The van der Waals surface area contributed by atoms with E-state index in [4.69, 9.17) is 9.84 Å². The maximum atomic E-state index is 11.8. The van der Waals surface area contributed by atoms with Crippen molar-refractivity contribution in [3.8, 4) is 0 Å². The van der Waals surface area contributed by atoms with E-state index < -0.39 is 5.60 Å². The van der Waals surface area contributed by atoms with Crippen molar-refractivity contribution < 1.29 is 62.3 Å². The number of hydrogen-bond acceptors (Lipinski definition) is 6. The van der Waals surface area contributed by atoms with Crippen molar-refractivity contribution in [3.63, 3.8) is 0 Å². The van der Waals surface area contributed by atoms with Gasteiger partial charge in [0.05, 0.1) is 0 Å². The largest absolute Gasteiger partial charge is 0.510 e. The monoisotopic (exact) mass is 488 g/mol. The molecule has 2 N–H and O–H groups in total. The van der Waals surface area contributed by atoms with E-state index in [0.29, 0.717) is 6.42 Å². The maximum absolute atomic E-state index is 11.8. The zero-order valence-corrected chi connectivity index (χ0v) is 19.9. The van der Waals surface area contributed by atoms with Crippen LogP contribution in [-0.4, -0.2) is 48.2 Å². The summed E-state index contributed by atoms with van der Waals surface area (Å²) >= 11 is 0. The number of rotatable bonds is 11. The minimum Gasteiger partial charge on any atom is -0.510 e. The van der Waals surface area contributed by atoms with Gasteiger partial charge in [-0.3, -0.25) is 9.59 Å². The molecule has 0 spiro atoms. The third kappa shape index (κ3) is 16.3. The summed E-state index contributed by atoms with van der Waals surface area (Å²) in [5, 5.41) is 18.7. The first-order valence-electron chi connectivity index (χ1n) is 8.97. The van der Waals surface area contributed by atoms with Crippen LogP contribution in [0.4, 0.5) is 0 Å². The van der Waals surface area contributed by atoms with Crippen LogP contribution in [0, 0.1) is 5.92 Å². The molecule has 6 nitrogen and oxygen atoms in total. The second-order valence-corrected chi connectivity index (χ2v) is 6.44. The molecule has 0 saturated carbocycles. The molecular formula is C20H36Ni2O6. The molecule has 0 radical (unpaired) electrons. The molecule has 0 fully saturated rings. The van der Waals surface area contributed by atoms with Crippen molar-refractivity contribution >= 4 is 11.6 Å². The van der Waals surface area contributed by atoms with Gasteiger partial charge in [-0.15, -0.1) is 0 Å². The Morgan fingerprint density at radius 2 is 1.64 bits per heavy atom. The van der Waals surface area contributed by atoms with Crippen molar-refractivity contribution in [3.05, 3.63) is 23.7 Å². The molecule has 172 valence electrons. The SMILES string of the molecule is CCCCC(C)C(=O)C=C(O)C(C)(CC)OC.COCC(O)=CC(C)=O.[Ni].[Ni]. The molecule has 0 aliphatic carbocycles. The van der Waals surface area contributed by atoms with Crippen LogP contribution in [0.5, 0.6) is 0 Å². The average Bonchev–Trinajstić information content (AvgIpc) is 2.58. The average molecular weight is 490 g/mol. The molecule has 8 heteroatoms. The molecule has 2 atom stereocenters. The van der Waals surface area contributed by atoms with Gasteiger partial charge in [-0.2, -0.15) is 0 Å². The molecule has 0 aliphatic rings. The Labute approximate surface area is 190 Å². The Morgan fingerprint density at radius 1 is 1.11 bits per heavy atom. The normalized spacial score (nSPS) is 14.4. The summed E-state index contributed by atoms with van der Waals surface area (Å²) in [6.45, 7) is 9.16. The first-order chi connectivity index (χ1) is 12.1. The summed E-state index contributed by atoms with van der Waals surface area (Å²) in [7, 11) is 2.99. The number of hydrogen-bond donors (Lipinski definition) is 2. The number of aliphatic hydroxyl groups excluding tert-OH is 2. The Morgan fingerprint density at radius 3 is 2.00 bits per heavy atom. The fourth-order valence-corrected chi connectivity index (χ4v) is 1.94. The van der Waals surface area contributed by atoms with Gasteiger partial charge < -0.3 is 19.7 Å². The summed E-state index contributed by atoms with van der Waals surface area (Å²) in [6, 6.07) is 0. The molecule has 0 heterocycles. The van der Waals surface area contributed by atoms with Gasteiger partial charge in [0.1, 0.15) is 23.7 Å². The van der Waals surface area contributed by atoms with Gasteiger partial charge >= 0.3 is 0 Å². The van der Waals surface area contributed by atoms with E-state index in [0.717, 1.165) is 25.3 Å². The van der Waals surface area contributed by atoms with Crippen LogP contribution in [0.3, 0.4) is 0 Å². The molecule has 28 heavy (non-hydrogen) atoms. The van der Waals surface area contributed by atoms with E-state index in [1.807, 2.05) is 13.8 Å². The summed E-state index contributed by atoms with van der Waals surface area (Å²) in [5.41, 5.74) is -0.750. The second kappa shape index (κ2) is 19.6. The van der Waals surface area contributed by atoms with Gasteiger partial charge in [0.25, 0.3) is 0 Å². The van der Waals surface area contributed by atoms with Crippen LogP contribution >= 0.6 is 0 Å². The van der Waals surface area contributed by atoms with Gasteiger partial charge in [-0.25, -0.2) is 0 Å². The standard InChI is InChI=1S/C14H26O3.C6H10O3.2Ni/c1-6-8-9-11(3)12(15)10-13(16)14(4,7-2)17-5;1-5(7)3-6(8)4-9-2;;/h10-11,16H,6-9H2,1-5H3;3,8H,4H2,1-2H3;;. The molecule has 0 bridgehead atoms. The fraction of sp³-hybridized carbons (Fsp3) is 0.700. The summed E-state index contributed by atoms with van der Waals surface area (Å²) < 4.78 is 9.77. The number of carbonyl (C=O) groups is 2. The minimum absolute atomic E-state index is 0. The molecule has 0 aliphatic heterocycles. The van der Waals surface area contributed by atoms with Crippen LogP contribution in [0.25, 0.3) is 0 Å². The fourth-order valence-electron chi connectivity index (χ4n) is 1.94. The number of aliphatic hydroxyl groups is 2. The molecular weight excluding hydrogens is 454 g/mol. The number of carbonyl (C=O) groups excluding carboxylic acids is 2. The number of unbranched alkanes of at least 4 members (excludes halogenated alkanes) is 1. The van der Waals surface area contributed by atoms with Crippen molar-refractivity contribution in [1.29, 1.82) is 0 Å². The van der Waals surface area contributed by atoms with Crippen LogP contribution < -0.4 is 0 Å². The van der Waals surface area contributed by atoms with Crippen molar-refractivity contribution in [2.24, 2.45) is 5.92 Å². The second-order valence-electron chi connectivity index (χ2n) is 6.44. The smallest absolute Gasteiger partial charge is 0.161 e. The molecule has 0 saturated heterocycles. The van der Waals surface area contributed by atoms with E-state index in [-0.39, 0.29) is 68.6 Å². The van der Waals surface area contributed by atoms with E-state index >= 15 is 0 Å². The summed E-state index contributed by atoms with van der Waals surface area (Å²) in [4.78, 5) is 22.1. The van der Waals surface area contributed by atoms with E-state index in [2.05, 4.69) is 11.7 Å². The van der Waals surface area contributed by atoms with E-state index in [1.54, 1.807) is 14.0 Å². The topological polar surface area (TPSA) is 93.1 Å². The quantitative estimate of drug-likeness (QED) is 0.255. The van der Waals surface area contributed by atoms with E-state index in [9.17, 15) is 14.7 Å². The minimum atomic E-state index is -0.750. The van der Waals surface area contributed by atoms with E-state index in [1.165, 1.54) is 20.1 Å². The van der Waals surface area contributed by atoms with Crippen LogP contribution in [-0.2, 0) is 52.0 Å². The molecule has 2 unspecified atom stereocenters. The Hall–Kier alpha value is -0.673. The van der Waals surface area contributed by atoms with Crippen molar-refractivity contribution in [1.82, 2.24) is 0 Å². The third-order valence-electron chi connectivity index (χ3n) is 4.08. The molecule has 0 rings (SSSR count). The predicted octanol–water partition coefficient (Wildman–Crippen LogP) is 4.30. The zero-order chi connectivity index (χ0) is 20.8. The van der Waals surface area contributed by atoms with Gasteiger partial charge in [0.2, 0.25) is 0 Å². The van der Waals surface area contributed by atoms with Crippen molar-refractivity contribution in [2.75, 3.05) is 20.8 Å². The van der Waals surface area contributed by atoms with Gasteiger partial charge in [0.15, 0.2) is 11.6 Å². The Balaban J connectivity index is -0.000000225. The Bertz CT molecular complexity index is 485. The number of ether oxygens (including phenoxy) is 2. The van der Waals surface area contributed by atoms with Gasteiger partial charge in [-0.05, 0) is 26.7 Å². The zero-order valence-electron chi connectivity index (χ0n) is 17.9. The molecule has 0 aromatic carbocycles. The van der Waals surface area contributed by atoms with Crippen LogP contribution in [0.1, 0.15) is 60.3 Å². The first kappa shape index (κ1) is 34.8. The third-order valence-corrected chi connectivity index (χ3v) is 4.08. The molecule has 0 amide bonds. The maximum Gasteiger partial charge on any atom is 0.161 e. The van der Waals surface area contributed by atoms with Gasteiger partial charge in [-0.1, -0.05) is 33.6 Å². The number of allylic oxidation sites excluding steroid dienone is 2.